The lowest BCUT2D eigenvalue weighted by Crippen LogP contribution is -2.18. The van der Waals surface area contributed by atoms with Crippen LogP contribution in [0.5, 0.6) is 11.5 Å². The Morgan fingerprint density at radius 3 is 2.33 bits per heavy atom. The maximum atomic E-state index is 9.19. The molecule has 1 atom stereocenters. The number of rotatable bonds is 11. The van der Waals surface area contributed by atoms with E-state index in [9.17, 15) is 5.11 Å². The van der Waals surface area contributed by atoms with Crippen molar-refractivity contribution in [3.05, 3.63) is 23.8 Å². The molecule has 0 amide bonds. The summed E-state index contributed by atoms with van der Waals surface area (Å²) in [4.78, 5) is 0. The molecule has 0 bridgehead atoms. The summed E-state index contributed by atoms with van der Waals surface area (Å²) in [5, 5.41) is 9.19. The number of aliphatic hydroxyl groups is 1. The van der Waals surface area contributed by atoms with Gasteiger partial charge >= 0.3 is 0 Å². The maximum Gasteiger partial charge on any atom is 0.161 e. The molecule has 1 rings (SSSR count). The molecule has 0 aliphatic heterocycles. The van der Waals surface area contributed by atoms with Crippen molar-refractivity contribution in [3.8, 4) is 11.5 Å². The number of hydrogen-bond acceptors (Lipinski definition) is 4. The van der Waals surface area contributed by atoms with Crippen molar-refractivity contribution in [2.75, 3.05) is 26.4 Å². The number of hydrogen-bond donors (Lipinski definition) is 2. The van der Waals surface area contributed by atoms with Crippen molar-refractivity contribution in [1.82, 2.24) is 0 Å². The number of ether oxygens (including phenoxy) is 2. The molecule has 1 aromatic carbocycles. The molecule has 0 radical (unpaired) electrons. The van der Waals surface area contributed by atoms with E-state index in [1.165, 1.54) is 5.56 Å². The van der Waals surface area contributed by atoms with Crippen LogP contribution in [0, 0.1) is 5.92 Å². The molecular formula is C17H29NO3. The zero-order valence-electron chi connectivity index (χ0n) is 13.3. The molecule has 1 unspecified atom stereocenters. The van der Waals surface area contributed by atoms with E-state index in [-0.39, 0.29) is 12.5 Å². The van der Waals surface area contributed by atoms with E-state index in [4.69, 9.17) is 15.2 Å². The van der Waals surface area contributed by atoms with Crippen LogP contribution in [0.25, 0.3) is 0 Å². The van der Waals surface area contributed by atoms with Crippen LogP contribution >= 0.6 is 0 Å². The molecule has 4 heteroatoms. The number of nitrogens with two attached hydrogens (primary N) is 1. The second-order valence-electron chi connectivity index (χ2n) is 5.30. The highest BCUT2D eigenvalue weighted by molar-refractivity contribution is 5.43. The Balaban J connectivity index is 2.72. The third kappa shape index (κ3) is 6.36. The minimum Gasteiger partial charge on any atom is -0.490 e. The van der Waals surface area contributed by atoms with E-state index in [1.807, 2.05) is 12.1 Å². The summed E-state index contributed by atoms with van der Waals surface area (Å²) >= 11 is 0. The Kier molecular flexibility index (Phi) is 8.87. The van der Waals surface area contributed by atoms with Gasteiger partial charge in [0.15, 0.2) is 11.5 Å². The van der Waals surface area contributed by atoms with Crippen molar-refractivity contribution < 1.29 is 14.6 Å². The van der Waals surface area contributed by atoms with E-state index in [1.54, 1.807) is 0 Å². The van der Waals surface area contributed by atoms with Crippen LogP contribution < -0.4 is 15.2 Å². The van der Waals surface area contributed by atoms with E-state index >= 15 is 0 Å². The van der Waals surface area contributed by atoms with Gasteiger partial charge in [-0.15, -0.1) is 0 Å². The van der Waals surface area contributed by atoms with Gasteiger partial charge in [-0.05, 0) is 55.8 Å². The average molecular weight is 295 g/mol. The summed E-state index contributed by atoms with van der Waals surface area (Å²) in [6.07, 6.45) is 3.72. The lowest BCUT2D eigenvalue weighted by molar-refractivity contribution is 0.223. The first-order chi connectivity index (χ1) is 10.2. The van der Waals surface area contributed by atoms with Crippen LogP contribution in [0.3, 0.4) is 0 Å². The smallest absolute Gasteiger partial charge is 0.161 e. The number of aliphatic hydroxyl groups excluding tert-OH is 1. The van der Waals surface area contributed by atoms with Gasteiger partial charge in [0.1, 0.15) is 0 Å². The molecule has 0 aromatic heterocycles. The van der Waals surface area contributed by atoms with Gasteiger partial charge in [0.25, 0.3) is 0 Å². The summed E-state index contributed by atoms with van der Waals surface area (Å²) in [5.41, 5.74) is 6.81. The Morgan fingerprint density at radius 2 is 1.76 bits per heavy atom. The van der Waals surface area contributed by atoms with E-state index in [0.29, 0.717) is 19.8 Å². The highest BCUT2D eigenvalue weighted by Gasteiger charge is 2.09. The highest BCUT2D eigenvalue weighted by atomic mass is 16.5. The molecule has 0 aliphatic rings. The lowest BCUT2D eigenvalue weighted by Gasteiger charge is -2.15. The first kappa shape index (κ1) is 17.8. The highest BCUT2D eigenvalue weighted by Crippen LogP contribution is 2.29. The van der Waals surface area contributed by atoms with Crippen molar-refractivity contribution in [1.29, 1.82) is 0 Å². The van der Waals surface area contributed by atoms with Crippen LogP contribution in [0.1, 0.15) is 38.7 Å². The molecule has 4 nitrogen and oxygen atoms in total. The minimum atomic E-state index is 0.146. The zero-order chi connectivity index (χ0) is 15.5. The van der Waals surface area contributed by atoms with Crippen LogP contribution in [-0.2, 0) is 6.42 Å². The van der Waals surface area contributed by atoms with Gasteiger partial charge in [-0.3, -0.25) is 0 Å². The minimum absolute atomic E-state index is 0.146. The van der Waals surface area contributed by atoms with E-state index < -0.39 is 0 Å². The van der Waals surface area contributed by atoms with Gasteiger partial charge < -0.3 is 20.3 Å². The zero-order valence-corrected chi connectivity index (χ0v) is 13.3. The van der Waals surface area contributed by atoms with Crippen LogP contribution in [0.2, 0.25) is 0 Å². The molecule has 0 spiro atoms. The summed E-state index contributed by atoms with van der Waals surface area (Å²) < 4.78 is 11.5. The second kappa shape index (κ2) is 10.5. The fourth-order valence-corrected chi connectivity index (χ4v) is 2.02. The summed E-state index contributed by atoms with van der Waals surface area (Å²) in [6.45, 7) is 6.22. The lowest BCUT2D eigenvalue weighted by atomic mass is 10.00. The average Bonchev–Trinajstić information content (AvgIpc) is 2.52. The third-order valence-electron chi connectivity index (χ3n) is 3.36. The van der Waals surface area contributed by atoms with Crippen molar-refractivity contribution >= 4 is 0 Å². The molecular weight excluding hydrogens is 266 g/mol. The summed E-state index contributed by atoms with van der Waals surface area (Å²) in [7, 11) is 0. The first-order valence-corrected chi connectivity index (χ1v) is 7.94. The largest absolute Gasteiger partial charge is 0.490 e. The van der Waals surface area contributed by atoms with Gasteiger partial charge in [0.05, 0.1) is 13.2 Å². The third-order valence-corrected chi connectivity index (χ3v) is 3.36. The Labute approximate surface area is 128 Å². The molecule has 0 saturated carbocycles. The van der Waals surface area contributed by atoms with Gasteiger partial charge in [-0.2, -0.15) is 0 Å². The van der Waals surface area contributed by atoms with Crippen LogP contribution in [-0.4, -0.2) is 31.5 Å². The monoisotopic (exact) mass is 295 g/mol. The van der Waals surface area contributed by atoms with Gasteiger partial charge in [0.2, 0.25) is 0 Å². The normalized spacial score (nSPS) is 12.2. The number of benzene rings is 1. The van der Waals surface area contributed by atoms with Crippen LogP contribution in [0.15, 0.2) is 18.2 Å². The molecule has 1 aromatic rings. The summed E-state index contributed by atoms with van der Waals surface area (Å²) in [5.74, 6) is 1.80. The Hall–Kier alpha value is -1.26. The van der Waals surface area contributed by atoms with E-state index in [2.05, 4.69) is 19.9 Å². The molecule has 120 valence electrons. The fraction of sp³-hybridized carbons (Fsp3) is 0.647. The first-order valence-electron chi connectivity index (χ1n) is 7.94. The molecule has 0 aliphatic carbocycles. The quantitative estimate of drug-likeness (QED) is 0.659. The fourth-order valence-electron chi connectivity index (χ4n) is 2.02. The standard InChI is InChI=1S/C17H29NO3/c1-3-9-20-16-8-7-14(5-6-15(12-18)13-19)11-17(16)21-10-4-2/h7-8,11,15,19H,3-6,9-10,12-13,18H2,1-2H3. The van der Waals surface area contributed by atoms with Gasteiger partial charge in [0, 0.05) is 6.61 Å². The maximum absolute atomic E-state index is 9.19. The number of aryl methyl sites for hydroxylation is 1. The van der Waals surface area contributed by atoms with Crippen LogP contribution in [0.4, 0.5) is 0 Å². The van der Waals surface area contributed by atoms with Gasteiger partial charge in [-0.25, -0.2) is 0 Å². The predicted octanol–water partition coefficient (Wildman–Crippen LogP) is 2.76. The Bertz CT molecular complexity index is 392. The molecule has 0 saturated heterocycles. The van der Waals surface area contributed by atoms with Crippen molar-refractivity contribution in [3.63, 3.8) is 0 Å². The van der Waals surface area contributed by atoms with E-state index in [0.717, 1.165) is 37.2 Å². The summed E-state index contributed by atoms with van der Waals surface area (Å²) in [6, 6.07) is 6.09. The molecule has 3 N–H and O–H groups in total. The second-order valence-corrected chi connectivity index (χ2v) is 5.30. The predicted molar refractivity (Wildman–Crippen MR) is 86.0 cm³/mol. The SMILES string of the molecule is CCCOc1ccc(CCC(CN)CO)cc1OCCC. The Morgan fingerprint density at radius 1 is 1.10 bits per heavy atom. The van der Waals surface area contributed by atoms with Gasteiger partial charge in [-0.1, -0.05) is 19.9 Å². The van der Waals surface area contributed by atoms with Crippen molar-refractivity contribution in [2.45, 2.75) is 39.5 Å². The molecule has 0 heterocycles. The topological polar surface area (TPSA) is 64.7 Å². The molecule has 21 heavy (non-hydrogen) atoms. The molecule has 0 fully saturated rings. The van der Waals surface area contributed by atoms with Crippen molar-refractivity contribution in [2.24, 2.45) is 11.7 Å².